The minimum atomic E-state index is -0.293. The molecule has 0 spiro atoms. The SMILES string of the molecule is COC(=O)CN(C)c1cc(N(C)CC(C)C)ncn1. The Hall–Kier alpha value is -1.85. The molecular weight excluding hydrogens is 244 g/mol. The molecule has 19 heavy (non-hydrogen) atoms. The molecule has 0 fully saturated rings. The second kappa shape index (κ2) is 6.92. The molecule has 6 heteroatoms. The molecule has 0 saturated heterocycles. The van der Waals surface area contributed by atoms with E-state index in [0.717, 1.165) is 12.4 Å². The highest BCUT2D eigenvalue weighted by molar-refractivity contribution is 5.75. The number of ether oxygens (including phenoxy) is 1. The summed E-state index contributed by atoms with van der Waals surface area (Å²) in [6, 6.07) is 1.87. The minimum Gasteiger partial charge on any atom is -0.468 e. The molecule has 0 aliphatic carbocycles. The van der Waals surface area contributed by atoms with Gasteiger partial charge in [0.25, 0.3) is 0 Å². The Kier molecular flexibility index (Phi) is 5.54. The Morgan fingerprint density at radius 2 is 1.84 bits per heavy atom. The minimum absolute atomic E-state index is 0.168. The molecular formula is C13H22N4O2. The lowest BCUT2D eigenvalue weighted by Crippen LogP contribution is -2.28. The van der Waals surface area contributed by atoms with E-state index in [2.05, 4.69) is 33.5 Å². The van der Waals surface area contributed by atoms with Gasteiger partial charge in [-0.15, -0.1) is 0 Å². The smallest absolute Gasteiger partial charge is 0.325 e. The summed E-state index contributed by atoms with van der Waals surface area (Å²) in [6.45, 7) is 5.39. The van der Waals surface area contributed by atoms with Crippen molar-refractivity contribution in [3.63, 3.8) is 0 Å². The van der Waals surface area contributed by atoms with Gasteiger partial charge in [0.15, 0.2) is 0 Å². The van der Waals surface area contributed by atoms with Gasteiger partial charge in [-0.05, 0) is 5.92 Å². The van der Waals surface area contributed by atoms with Crippen molar-refractivity contribution in [3.05, 3.63) is 12.4 Å². The van der Waals surface area contributed by atoms with Crippen molar-refractivity contribution in [1.82, 2.24) is 9.97 Å². The molecule has 0 aliphatic rings. The zero-order chi connectivity index (χ0) is 14.4. The predicted molar refractivity (Wildman–Crippen MR) is 75.4 cm³/mol. The quantitative estimate of drug-likeness (QED) is 0.721. The average molecular weight is 266 g/mol. The van der Waals surface area contributed by atoms with Crippen LogP contribution in [-0.2, 0) is 9.53 Å². The van der Waals surface area contributed by atoms with Gasteiger partial charge in [0.2, 0.25) is 0 Å². The van der Waals surface area contributed by atoms with Crippen LogP contribution in [0.25, 0.3) is 0 Å². The van der Waals surface area contributed by atoms with Crippen LogP contribution in [0, 0.1) is 5.92 Å². The largest absolute Gasteiger partial charge is 0.468 e. The number of carbonyl (C=O) groups is 1. The van der Waals surface area contributed by atoms with Gasteiger partial charge in [-0.2, -0.15) is 0 Å². The average Bonchev–Trinajstić information content (AvgIpc) is 2.37. The van der Waals surface area contributed by atoms with E-state index in [-0.39, 0.29) is 12.5 Å². The molecule has 1 rings (SSSR count). The van der Waals surface area contributed by atoms with Gasteiger partial charge < -0.3 is 14.5 Å². The molecule has 0 atom stereocenters. The summed E-state index contributed by atoms with van der Waals surface area (Å²) in [4.78, 5) is 23.5. The first kappa shape index (κ1) is 15.2. The number of nitrogens with zero attached hydrogens (tertiary/aromatic N) is 4. The second-order valence-electron chi connectivity index (χ2n) is 4.94. The lowest BCUT2D eigenvalue weighted by Gasteiger charge is -2.22. The van der Waals surface area contributed by atoms with E-state index in [1.165, 1.54) is 13.4 Å². The first-order chi connectivity index (χ1) is 8.93. The van der Waals surface area contributed by atoms with Gasteiger partial charge in [0, 0.05) is 26.7 Å². The number of rotatable bonds is 6. The lowest BCUT2D eigenvalue weighted by atomic mass is 10.2. The Balaban J connectivity index is 2.78. The van der Waals surface area contributed by atoms with Crippen molar-refractivity contribution in [2.45, 2.75) is 13.8 Å². The van der Waals surface area contributed by atoms with Crippen LogP contribution in [0.2, 0.25) is 0 Å². The molecule has 0 unspecified atom stereocenters. The molecule has 0 saturated carbocycles. The summed E-state index contributed by atoms with van der Waals surface area (Å²) >= 11 is 0. The maximum absolute atomic E-state index is 11.2. The van der Waals surface area contributed by atoms with Crippen LogP contribution in [0.15, 0.2) is 12.4 Å². The topological polar surface area (TPSA) is 58.6 Å². The third-order valence-electron chi connectivity index (χ3n) is 2.65. The van der Waals surface area contributed by atoms with E-state index in [9.17, 15) is 4.79 Å². The van der Waals surface area contributed by atoms with E-state index in [0.29, 0.717) is 11.7 Å². The van der Waals surface area contributed by atoms with Crippen LogP contribution < -0.4 is 9.80 Å². The molecule has 1 heterocycles. The predicted octanol–water partition coefficient (Wildman–Crippen LogP) is 1.18. The van der Waals surface area contributed by atoms with Crippen LogP contribution in [0.5, 0.6) is 0 Å². The maximum Gasteiger partial charge on any atom is 0.325 e. The summed E-state index contributed by atoms with van der Waals surface area (Å²) in [6.07, 6.45) is 1.51. The monoisotopic (exact) mass is 266 g/mol. The first-order valence-corrected chi connectivity index (χ1v) is 6.25. The number of hydrogen-bond donors (Lipinski definition) is 0. The maximum atomic E-state index is 11.2. The second-order valence-corrected chi connectivity index (χ2v) is 4.94. The summed E-state index contributed by atoms with van der Waals surface area (Å²) in [5.74, 6) is 1.80. The molecule has 0 bridgehead atoms. The molecule has 0 aliphatic heterocycles. The fourth-order valence-corrected chi connectivity index (χ4v) is 1.74. The van der Waals surface area contributed by atoms with Crippen molar-refractivity contribution in [1.29, 1.82) is 0 Å². The number of hydrogen-bond acceptors (Lipinski definition) is 6. The number of anilines is 2. The molecule has 0 amide bonds. The van der Waals surface area contributed by atoms with Gasteiger partial charge in [-0.25, -0.2) is 9.97 Å². The summed E-state index contributed by atoms with van der Waals surface area (Å²) < 4.78 is 4.64. The third kappa shape index (κ3) is 4.73. The normalized spacial score (nSPS) is 10.4. The van der Waals surface area contributed by atoms with E-state index in [4.69, 9.17) is 0 Å². The van der Waals surface area contributed by atoms with Gasteiger partial charge in [0.05, 0.1) is 7.11 Å². The summed E-state index contributed by atoms with van der Waals surface area (Å²) in [7, 11) is 5.16. The van der Waals surface area contributed by atoms with Crippen LogP contribution in [0.4, 0.5) is 11.6 Å². The van der Waals surface area contributed by atoms with Crippen LogP contribution >= 0.6 is 0 Å². The van der Waals surface area contributed by atoms with Crippen LogP contribution in [0.3, 0.4) is 0 Å². The molecule has 106 valence electrons. The van der Waals surface area contributed by atoms with Crippen molar-refractivity contribution >= 4 is 17.6 Å². The molecule has 1 aromatic heterocycles. The molecule has 0 radical (unpaired) electrons. The molecule has 6 nitrogen and oxygen atoms in total. The zero-order valence-corrected chi connectivity index (χ0v) is 12.3. The highest BCUT2D eigenvalue weighted by atomic mass is 16.5. The van der Waals surface area contributed by atoms with E-state index >= 15 is 0 Å². The lowest BCUT2D eigenvalue weighted by molar-refractivity contribution is -0.138. The first-order valence-electron chi connectivity index (χ1n) is 6.25. The third-order valence-corrected chi connectivity index (χ3v) is 2.65. The zero-order valence-electron chi connectivity index (χ0n) is 12.3. The number of methoxy groups -OCH3 is 1. The van der Waals surface area contributed by atoms with Crippen molar-refractivity contribution in [2.75, 3.05) is 44.1 Å². The Bertz CT molecular complexity index is 423. The van der Waals surface area contributed by atoms with Crippen LogP contribution in [0.1, 0.15) is 13.8 Å². The number of esters is 1. The highest BCUT2D eigenvalue weighted by Gasteiger charge is 2.11. The van der Waals surface area contributed by atoms with Crippen LogP contribution in [-0.4, -0.2) is 50.2 Å². The van der Waals surface area contributed by atoms with Crippen molar-refractivity contribution < 1.29 is 9.53 Å². The van der Waals surface area contributed by atoms with E-state index in [1.54, 1.807) is 11.9 Å². The number of aromatic nitrogens is 2. The Labute approximate surface area is 114 Å². The fourth-order valence-electron chi connectivity index (χ4n) is 1.74. The Morgan fingerprint density at radius 3 is 2.37 bits per heavy atom. The summed E-state index contributed by atoms with van der Waals surface area (Å²) in [5, 5.41) is 0. The number of likely N-dealkylation sites (N-methyl/N-ethyl adjacent to an activating group) is 1. The summed E-state index contributed by atoms with van der Waals surface area (Å²) in [5.41, 5.74) is 0. The highest BCUT2D eigenvalue weighted by Crippen LogP contribution is 2.16. The van der Waals surface area contributed by atoms with Gasteiger partial charge in [0.1, 0.15) is 24.5 Å². The van der Waals surface area contributed by atoms with Gasteiger partial charge >= 0.3 is 5.97 Å². The van der Waals surface area contributed by atoms with E-state index in [1.807, 2.05) is 13.1 Å². The molecule has 1 aromatic rings. The standard InChI is InChI=1S/C13H22N4O2/c1-10(2)7-16(3)11-6-12(15-9-14-11)17(4)8-13(18)19-5/h6,9-10H,7-8H2,1-5H3. The van der Waals surface area contributed by atoms with Gasteiger partial charge in [-0.3, -0.25) is 4.79 Å². The molecule has 0 aromatic carbocycles. The Morgan fingerprint density at radius 1 is 1.26 bits per heavy atom. The van der Waals surface area contributed by atoms with Crippen molar-refractivity contribution in [2.24, 2.45) is 5.92 Å². The van der Waals surface area contributed by atoms with Crippen molar-refractivity contribution in [3.8, 4) is 0 Å². The van der Waals surface area contributed by atoms with E-state index < -0.39 is 0 Å². The van der Waals surface area contributed by atoms with Gasteiger partial charge in [-0.1, -0.05) is 13.8 Å². The fraction of sp³-hybridized carbons (Fsp3) is 0.615. The number of carbonyl (C=O) groups excluding carboxylic acids is 1. The molecule has 0 N–H and O–H groups in total.